The molecule has 0 aromatic rings. The second-order valence-corrected chi connectivity index (χ2v) is 2.75. The predicted octanol–water partition coefficient (Wildman–Crippen LogP) is -1.94. The highest BCUT2D eigenvalue weighted by molar-refractivity contribution is 6.08. The van der Waals surface area contributed by atoms with Crippen molar-refractivity contribution in [3.05, 3.63) is 0 Å². The minimum absolute atomic E-state index is 0.0984. The fraction of sp³-hybridized carbons (Fsp3) is 0.667. The van der Waals surface area contributed by atoms with Crippen molar-refractivity contribution in [2.24, 2.45) is 5.73 Å². The minimum Gasteiger partial charge on any atom is -0.394 e. The van der Waals surface area contributed by atoms with E-state index in [2.05, 4.69) is 0 Å². The summed E-state index contributed by atoms with van der Waals surface area (Å²) in [4.78, 5) is 22.9. The molecular weight excluding hydrogens is 148 g/mol. The van der Waals surface area contributed by atoms with Gasteiger partial charge in [-0.25, -0.2) is 0 Å². The summed E-state index contributed by atoms with van der Waals surface area (Å²) in [6, 6.07) is 0. The minimum atomic E-state index is -1.37. The molecule has 0 aromatic carbocycles. The number of aliphatic hydroxyl groups is 1. The Balaban J connectivity index is 2.91. The largest absolute Gasteiger partial charge is 0.394 e. The quantitative estimate of drug-likeness (QED) is 0.435. The molecule has 1 rings (SSSR count). The summed E-state index contributed by atoms with van der Waals surface area (Å²) in [6.45, 7) is -0.484. The Hall–Kier alpha value is -0.940. The van der Waals surface area contributed by atoms with Gasteiger partial charge in [0.05, 0.1) is 13.0 Å². The Kier molecular flexibility index (Phi) is 1.69. The summed E-state index contributed by atoms with van der Waals surface area (Å²) < 4.78 is 0. The van der Waals surface area contributed by atoms with E-state index in [9.17, 15) is 9.59 Å². The third-order valence-electron chi connectivity index (χ3n) is 1.85. The van der Waals surface area contributed by atoms with Gasteiger partial charge >= 0.3 is 0 Å². The van der Waals surface area contributed by atoms with E-state index >= 15 is 0 Å². The van der Waals surface area contributed by atoms with Crippen molar-refractivity contribution in [3.63, 3.8) is 0 Å². The van der Waals surface area contributed by atoms with Crippen LogP contribution >= 0.6 is 0 Å². The maximum atomic E-state index is 11.1. The molecular formula is C6H10N2O3. The van der Waals surface area contributed by atoms with Crippen molar-refractivity contribution in [3.8, 4) is 0 Å². The lowest BCUT2D eigenvalue weighted by molar-refractivity contribution is -0.138. The molecule has 0 radical (unpaired) electrons. The van der Waals surface area contributed by atoms with Gasteiger partial charge in [-0.15, -0.1) is 0 Å². The van der Waals surface area contributed by atoms with Crippen LogP contribution in [0.3, 0.4) is 0 Å². The van der Waals surface area contributed by atoms with E-state index in [1.165, 1.54) is 7.05 Å². The van der Waals surface area contributed by atoms with Crippen LogP contribution in [0.1, 0.15) is 6.42 Å². The number of carbonyl (C=O) groups excluding carboxylic acids is 2. The molecule has 1 unspecified atom stereocenters. The van der Waals surface area contributed by atoms with Gasteiger partial charge in [0.25, 0.3) is 5.91 Å². The maximum Gasteiger partial charge on any atom is 0.251 e. The molecule has 0 bridgehead atoms. The van der Waals surface area contributed by atoms with Crippen LogP contribution in [-0.4, -0.2) is 41.0 Å². The summed E-state index contributed by atoms with van der Waals surface area (Å²) in [5.74, 6) is -0.850. The van der Waals surface area contributed by atoms with Gasteiger partial charge in [0.15, 0.2) is 0 Å². The molecule has 1 heterocycles. The molecule has 0 saturated carbocycles. The van der Waals surface area contributed by atoms with E-state index in [-0.39, 0.29) is 12.3 Å². The van der Waals surface area contributed by atoms with Crippen LogP contribution in [0.5, 0.6) is 0 Å². The molecule has 3 N–H and O–H groups in total. The molecule has 5 nitrogen and oxygen atoms in total. The van der Waals surface area contributed by atoms with Crippen LogP contribution in [-0.2, 0) is 9.59 Å². The summed E-state index contributed by atoms with van der Waals surface area (Å²) in [7, 11) is 1.36. The number of carbonyl (C=O) groups is 2. The zero-order chi connectivity index (χ0) is 8.65. The number of hydrogen-bond acceptors (Lipinski definition) is 4. The first kappa shape index (κ1) is 8.16. The first-order valence-electron chi connectivity index (χ1n) is 3.22. The van der Waals surface area contributed by atoms with Crippen LogP contribution in [0.25, 0.3) is 0 Å². The zero-order valence-electron chi connectivity index (χ0n) is 6.20. The molecule has 1 aliphatic heterocycles. The summed E-state index contributed by atoms with van der Waals surface area (Å²) in [5.41, 5.74) is 4.05. The van der Waals surface area contributed by atoms with Crippen molar-refractivity contribution < 1.29 is 14.7 Å². The Morgan fingerprint density at radius 1 is 1.73 bits per heavy atom. The van der Waals surface area contributed by atoms with Gasteiger partial charge < -0.3 is 10.8 Å². The molecule has 62 valence electrons. The first-order chi connectivity index (χ1) is 5.01. The summed E-state index contributed by atoms with van der Waals surface area (Å²) in [6.07, 6.45) is -0.0984. The fourth-order valence-electron chi connectivity index (χ4n) is 1.03. The molecule has 0 spiro atoms. The number of nitrogens with zero attached hydrogens (tertiary/aromatic N) is 1. The normalized spacial score (nSPS) is 31.7. The number of nitrogens with two attached hydrogens (primary N) is 1. The highest BCUT2D eigenvalue weighted by atomic mass is 16.3. The van der Waals surface area contributed by atoms with Gasteiger partial charge in [-0.2, -0.15) is 0 Å². The maximum absolute atomic E-state index is 11.1. The lowest BCUT2D eigenvalue weighted by Gasteiger charge is -2.16. The average Bonchev–Trinajstić information content (AvgIpc) is 2.17. The highest BCUT2D eigenvalue weighted by Crippen LogP contribution is 2.19. The van der Waals surface area contributed by atoms with E-state index in [1.54, 1.807) is 0 Å². The molecule has 1 aliphatic rings. The molecule has 11 heavy (non-hydrogen) atoms. The van der Waals surface area contributed by atoms with E-state index in [4.69, 9.17) is 10.8 Å². The van der Waals surface area contributed by atoms with Gasteiger partial charge in [0.2, 0.25) is 5.91 Å². The van der Waals surface area contributed by atoms with E-state index in [0.717, 1.165) is 4.90 Å². The number of rotatable bonds is 1. The van der Waals surface area contributed by atoms with Crippen LogP contribution in [0.15, 0.2) is 0 Å². The van der Waals surface area contributed by atoms with Crippen molar-refractivity contribution in [1.29, 1.82) is 0 Å². The SMILES string of the molecule is CN1C(=O)CC(N)(CO)C1=O. The van der Waals surface area contributed by atoms with Crippen LogP contribution in [0, 0.1) is 0 Å². The number of likely N-dealkylation sites (tertiary alicyclic amines) is 1. The van der Waals surface area contributed by atoms with Crippen molar-refractivity contribution in [2.45, 2.75) is 12.0 Å². The number of imide groups is 1. The summed E-state index contributed by atoms with van der Waals surface area (Å²) in [5, 5.41) is 8.71. The summed E-state index contributed by atoms with van der Waals surface area (Å²) >= 11 is 0. The van der Waals surface area contributed by atoms with E-state index < -0.39 is 18.1 Å². The Bertz CT molecular complexity index is 216. The number of likely N-dealkylation sites (N-methyl/N-ethyl adjacent to an activating group) is 1. The zero-order valence-corrected chi connectivity index (χ0v) is 6.20. The fourth-order valence-corrected chi connectivity index (χ4v) is 1.03. The topological polar surface area (TPSA) is 83.6 Å². The number of amides is 2. The molecule has 0 aromatic heterocycles. The van der Waals surface area contributed by atoms with Gasteiger partial charge in [-0.3, -0.25) is 14.5 Å². The Morgan fingerprint density at radius 3 is 2.45 bits per heavy atom. The highest BCUT2D eigenvalue weighted by Gasteiger charge is 2.46. The Labute approximate surface area is 63.8 Å². The number of hydrogen-bond donors (Lipinski definition) is 2. The smallest absolute Gasteiger partial charge is 0.251 e. The molecule has 1 saturated heterocycles. The molecule has 2 amide bonds. The van der Waals surface area contributed by atoms with Crippen LogP contribution < -0.4 is 5.73 Å². The van der Waals surface area contributed by atoms with Crippen molar-refractivity contribution >= 4 is 11.8 Å². The second kappa shape index (κ2) is 2.28. The van der Waals surface area contributed by atoms with Crippen molar-refractivity contribution in [1.82, 2.24) is 4.90 Å². The third-order valence-corrected chi connectivity index (χ3v) is 1.85. The van der Waals surface area contributed by atoms with Gasteiger partial charge in [0, 0.05) is 7.05 Å². The van der Waals surface area contributed by atoms with Crippen LogP contribution in [0.4, 0.5) is 0 Å². The van der Waals surface area contributed by atoms with E-state index in [0.29, 0.717) is 0 Å². The van der Waals surface area contributed by atoms with Gasteiger partial charge in [0.1, 0.15) is 5.54 Å². The van der Waals surface area contributed by atoms with Crippen molar-refractivity contribution in [2.75, 3.05) is 13.7 Å². The molecule has 5 heteroatoms. The average molecular weight is 158 g/mol. The lowest BCUT2D eigenvalue weighted by atomic mass is 10.0. The molecule has 0 aliphatic carbocycles. The second-order valence-electron chi connectivity index (χ2n) is 2.75. The van der Waals surface area contributed by atoms with Gasteiger partial charge in [-0.1, -0.05) is 0 Å². The lowest BCUT2D eigenvalue weighted by Crippen LogP contribution is -2.50. The number of aliphatic hydroxyl groups excluding tert-OH is 1. The monoisotopic (exact) mass is 158 g/mol. The predicted molar refractivity (Wildman–Crippen MR) is 36.4 cm³/mol. The van der Waals surface area contributed by atoms with E-state index in [1.807, 2.05) is 0 Å². The van der Waals surface area contributed by atoms with Gasteiger partial charge in [-0.05, 0) is 0 Å². The molecule has 1 fully saturated rings. The first-order valence-corrected chi connectivity index (χ1v) is 3.22. The standard InChI is InChI=1S/C6H10N2O3/c1-8-4(10)2-6(7,3-9)5(8)11/h9H,2-3,7H2,1H3. The Morgan fingerprint density at radius 2 is 2.27 bits per heavy atom. The van der Waals surface area contributed by atoms with Crippen LogP contribution in [0.2, 0.25) is 0 Å². The third kappa shape index (κ3) is 1.02. The molecule has 1 atom stereocenters.